The summed E-state index contributed by atoms with van der Waals surface area (Å²) in [6.07, 6.45) is -22.4. The maximum Gasteiger partial charge on any atom is 1.00 e. The Morgan fingerprint density at radius 3 is 0.565 bits per heavy atom. The molecule has 0 aromatic heterocycles. The molecule has 0 aliphatic heterocycles. The monoisotopic (exact) mass is 392 g/mol. The van der Waals surface area contributed by atoms with Crippen LogP contribution in [0.3, 0.4) is 0 Å². The third-order valence-electron chi connectivity index (χ3n) is 2.01. The van der Waals surface area contributed by atoms with Gasteiger partial charge in [0.1, 0.15) is 0 Å². The minimum Gasteiger partial charge on any atom is -0.240 e. The molecule has 0 aromatic carbocycles. The van der Waals surface area contributed by atoms with Gasteiger partial charge in [0.15, 0.2) is 0 Å². The summed E-state index contributed by atoms with van der Waals surface area (Å²) in [6.45, 7) is 0. The summed E-state index contributed by atoms with van der Waals surface area (Å²) in [5.41, 5.74) is -22.8. The van der Waals surface area contributed by atoms with Crippen LogP contribution in [0.5, 0.6) is 0 Å². The molecule has 17 heteroatoms. The first-order valence-electron chi connectivity index (χ1n) is 4.33. The molecule has 0 spiro atoms. The van der Waals surface area contributed by atoms with Gasteiger partial charge in [-0.2, -0.15) is 39.5 Å². The molecule has 0 saturated carbocycles. The molecular formula is C6F15LiSi. The van der Waals surface area contributed by atoms with E-state index in [-0.39, 0.29) is 18.9 Å². The average molecular weight is 392 g/mol. The van der Waals surface area contributed by atoms with Gasteiger partial charge in [0.05, 0.1) is 0 Å². The van der Waals surface area contributed by atoms with Crippen LogP contribution in [-0.2, 0) is 0 Å². The van der Waals surface area contributed by atoms with Gasteiger partial charge in [0.25, 0.3) is 0 Å². The molecule has 0 saturated heterocycles. The van der Waals surface area contributed by atoms with Crippen molar-refractivity contribution in [2.24, 2.45) is 0 Å². The van der Waals surface area contributed by atoms with Crippen molar-refractivity contribution in [3.8, 4) is 0 Å². The minimum atomic E-state index is -8.12. The predicted molar refractivity (Wildman–Crippen MR) is 38.8 cm³/mol. The van der Waals surface area contributed by atoms with Crippen LogP contribution in [0, 0.1) is 0 Å². The van der Waals surface area contributed by atoms with Gasteiger partial charge in [-0.1, -0.05) is 0 Å². The largest absolute Gasteiger partial charge is 1.00 e. The van der Waals surface area contributed by atoms with Crippen molar-refractivity contribution in [2.75, 3.05) is 0 Å². The molecule has 0 heterocycles. The number of rotatable bonds is 3. The molecule has 0 amide bonds. The molecule has 0 atom stereocenters. The third-order valence-corrected chi connectivity index (χ3v) is 4.74. The maximum absolute atomic E-state index is 12.6. The smallest absolute Gasteiger partial charge is 0.240 e. The molecule has 0 bridgehead atoms. The van der Waals surface area contributed by atoms with E-state index in [1.165, 1.54) is 0 Å². The Labute approximate surface area is 129 Å². The van der Waals surface area contributed by atoms with Crippen LogP contribution in [0.25, 0.3) is 0 Å². The number of alkyl halides is 15. The van der Waals surface area contributed by atoms with Crippen molar-refractivity contribution in [1.29, 1.82) is 0 Å². The second-order valence-electron chi connectivity index (χ2n) is 3.59. The van der Waals surface area contributed by atoms with E-state index in [2.05, 4.69) is 0 Å². The summed E-state index contributed by atoms with van der Waals surface area (Å²) in [5, 5.41) is 0. The summed E-state index contributed by atoms with van der Waals surface area (Å²) in [4.78, 5) is 0. The normalized spacial score (nSPS) is 15.7. The van der Waals surface area contributed by atoms with Crippen molar-refractivity contribution in [3.05, 3.63) is 0 Å². The minimum absolute atomic E-state index is 0. The van der Waals surface area contributed by atoms with Gasteiger partial charge < -0.3 is 0 Å². The molecule has 0 fully saturated rings. The molecule has 134 valence electrons. The Kier molecular flexibility index (Phi) is 6.79. The Morgan fingerprint density at radius 1 is 0.348 bits per heavy atom. The van der Waals surface area contributed by atoms with Gasteiger partial charge >= 0.3 is 37.4 Å². The molecule has 0 N–H and O–H groups in total. The summed E-state index contributed by atoms with van der Waals surface area (Å²) in [5.74, 6) is 0. The SMILES string of the molecule is FC(F)(F)C(F)(F)[Si-](C(F)(F)C(F)(F)F)C(F)(F)C(F)(F)F.[Li+]. The molecule has 0 aliphatic rings. The molecule has 0 aliphatic carbocycles. The van der Waals surface area contributed by atoms with Crippen molar-refractivity contribution >= 4 is 8.80 Å². The van der Waals surface area contributed by atoms with Crippen LogP contribution in [-0.4, -0.2) is 44.0 Å². The van der Waals surface area contributed by atoms with Crippen molar-refractivity contribution in [3.63, 3.8) is 0 Å². The van der Waals surface area contributed by atoms with E-state index in [0.717, 1.165) is 0 Å². The second-order valence-corrected chi connectivity index (χ2v) is 6.23. The van der Waals surface area contributed by atoms with Gasteiger partial charge in [-0.05, 0) is 0 Å². The zero-order valence-electron chi connectivity index (χ0n) is 10.2. The molecule has 0 rings (SSSR count). The van der Waals surface area contributed by atoms with E-state index in [0.29, 0.717) is 0 Å². The quantitative estimate of drug-likeness (QED) is 0.507. The Hall–Kier alpha value is -0.236. The second kappa shape index (κ2) is 6.24. The van der Waals surface area contributed by atoms with Crippen molar-refractivity contribution in [2.45, 2.75) is 35.2 Å². The maximum atomic E-state index is 12.6. The van der Waals surface area contributed by atoms with Crippen LogP contribution < -0.4 is 18.9 Å². The molecule has 0 nitrogen and oxygen atoms in total. The van der Waals surface area contributed by atoms with E-state index >= 15 is 0 Å². The number of hydrogen-bond acceptors (Lipinski definition) is 0. The van der Waals surface area contributed by atoms with Crippen LogP contribution in [0.1, 0.15) is 0 Å². The third kappa shape index (κ3) is 4.24. The first kappa shape index (κ1) is 25.0. The molecule has 23 heavy (non-hydrogen) atoms. The fourth-order valence-corrected chi connectivity index (χ4v) is 3.05. The molecule has 0 unspecified atom stereocenters. The van der Waals surface area contributed by atoms with Gasteiger partial charge in [-0.25, -0.2) is 26.3 Å². The Morgan fingerprint density at radius 2 is 0.478 bits per heavy atom. The van der Waals surface area contributed by atoms with E-state index in [1.54, 1.807) is 0 Å². The predicted octanol–water partition coefficient (Wildman–Crippen LogP) is 1.70. The Balaban J connectivity index is 0. The van der Waals surface area contributed by atoms with E-state index in [4.69, 9.17) is 0 Å². The zero-order chi connectivity index (χ0) is 18.6. The summed E-state index contributed by atoms with van der Waals surface area (Å²) in [7, 11) is -8.12. The zero-order valence-corrected chi connectivity index (χ0v) is 11.2. The Bertz CT molecular complexity index is 340. The van der Waals surface area contributed by atoms with Crippen molar-refractivity contribution in [1.82, 2.24) is 0 Å². The molecule has 0 aromatic rings. The van der Waals surface area contributed by atoms with Crippen LogP contribution in [0.4, 0.5) is 65.9 Å². The van der Waals surface area contributed by atoms with Gasteiger partial charge in [-0.3, -0.25) is 0 Å². The average Bonchev–Trinajstić information content (AvgIpc) is 2.09. The summed E-state index contributed by atoms with van der Waals surface area (Å²) >= 11 is 0. The van der Waals surface area contributed by atoms with E-state index in [1.807, 2.05) is 0 Å². The van der Waals surface area contributed by atoms with Crippen LogP contribution in [0.15, 0.2) is 0 Å². The first-order chi connectivity index (χ1) is 9.12. The van der Waals surface area contributed by atoms with Crippen LogP contribution >= 0.6 is 0 Å². The van der Waals surface area contributed by atoms with Gasteiger partial charge in [0.2, 0.25) is 16.6 Å². The topological polar surface area (TPSA) is 0 Å². The fourth-order valence-electron chi connectivity index (χ4n) is 1.02. The van der Waals surface area contributed by atoms with Gasteiger partial charge in [0, 0.05) is 8.80 Å². The van der Waals surface area contributed by atoms with Gasteiger partial charge in [-0.15, -0.1) is 0 Å². The molecular weight excluding hydrogens is 392 g/mol. The molecule has 0 radical (unpaired) electrons. The first-order valence-corrected chi connectivity index (χ1v) is 5.83. The number of halogens is 15. The van der Waals surface area contributed by atoms with E-state index < -0.39 is 44.0 Å². The van der Waals surface area contributed by atoms with E-state index in [9.17, 15) is 65.9 Å². The van der Waals surface area contributed by atoms with Crippen molar-refractivity contribution < 1.29 is 84.7 Å². The standard InChI is InChI=1S/C6F15Si.Li/c7-1(8,9)4(16,17)22(5(18,19)2(10,11)12)6(20,21)3(13,14)15;/q-1;+1. The fraction of sp³-hybridized carbons (Fsp3) is 1.00. The number of hydrogen-bond donors (Lipinski definition) is 0. The summed E-state index contributed by atoms with van der Waals surface area (Å²) in [6, 6.07) is 0. The summed E-state index contributed by atoms with van der Waals surface area (Å²) < 4.78 is 182. The van der Waals surface area contributed by atoms with Crippen LogP contribution in [0.2, 0.25) is 0 Å².